The zero-order valence-electron chi connectivity index (χ0n) is 13.7. The summed E-state index contributed by atoms with van der Waals surface area (Å²) in [6.45, 7) is 0. The van der Waals surface area contributed by atoms with E-state index in [4.69, 9.17) is 9.47 Å². The van der Waals surface area contributed by atoms with E-state index in [9.17, 15) is 0 Å². The molecule has 0 aliphatic heterocycles. The first-order valence-corrected chi connectivity index (χ1v) is 7.64. The largest absolute Gasteiger partial charge is 0.497 e. The molecule has 0 fully saturated rings. The van der Waals surface area contributed by atoms with Crippen LogP contribution in [0.5, 0.6) is 11.5 Å². The lowest BCUT2D eigenvalue weighted by molar-refractivity contribution is 0.414. The third kappa shape index (κ3) is 3.24. The summed E-state index contributed by atoms with van der Waals surface area (Å²) in [5.74, 6) is 1.85. The summed E-state index contributed by atoms with van der Waals surface area (Å²) in [5.41, 5.74) is 3.92. The van der Waals surface area contributed by atoms with Crippen LogP contribution in [-0.2, 0) is 13.5 Å². The molecule has 0 spiro atoms. The minimum absolute atomic E-state index is 0.911. The van der Waals surface area contributed by atoms with Gasteiger partial charge in [0.1, 0.15) is 11.5 Å². The Morgan fingerprint density at radius 3 is 2.43 bits per heavy atom. The summed E-state index contributed by atoms with van der Waals surface area (Å²) < 4.78 is 12.3. The van der Waals surface area contributed by atoms with Crippen LogP contribution in [0.4, 0.5) is 0 Å². The van der Waals surface area contributed by atoms with Crippen LogP contribution in [0.1, 0.15) is 11.1 Å². The molecule has 23 heavy (non-hydrogen) atoms. The Balaban J connectivity index is 0.000000136. The van der Waals surface area contributed by atoms with E-state index >= 15 is 0 Å². The van der Waals surface area contributed by atoms with Gasteiger partial charge in [-0.15, -0.1) is 0 Å². The number of hydrogen-bond acceptors (Lipinski definition) is 2. The van der Waals surface area contributed by atoms with Gasteiger partial charge in [-0.1, -0.05) is 18.2 Å². The lowest BCUT2D eigenvalue weighted by Gasteiger charge is -2.01. The summed E-state index contributed by atoms with van der Waals surface area (Å²) in [5, 5.41) is 1.22. The first-order valence-electron chi connectivity index (χ1n) is 7.64. The number of allylic oxidation sites excluding steroid dienone is 1. The Kier molecular flexibility index (Phi) is 4.38. The number of benzene rings is 2. The SMILES string of the molecule is COc1ccc2c(c1)C=CC2.COc1ccc2c(ccn2C)c1. The van der Waals surface area contributed by atoms with Gasteiger partial charge in [0.2, 0.25) is 0 Å². The first kappa shape index (κ1) is 15.2. The van der Waals surface area contributed by atoms with E-state index in [1.54, 1.807) is 14.2 Å². The predicted octanol–water partition coefficient (Wildman–Crippen LogP) is 4.45. The van der Waals surface area contributed by atoms with Gasteiger partial charge in [-0.3, -0.25) is 0 Å². The van der Waals surface area contributed by atoms with E-state index in [-0.39, 0.29) is 0 Å². The summed E-state index contributed by atoms with van der Waals surface area (Å²) in [6.07, 6.45) is 7.42. The van der Waals surface area contributed by atoms with Crippen LogP contribution in [0.2, 0.25) is 0 Å². The van der Waals surface area contributed by atoms with Crippen molar-refractivity contribution in [3.8, 4) is 11.5 Å². The molecule has 0 bridgehead atoms. The van der Waals surface area contributed by atoms with Crippen LogP contribution < -0.4 is 9.47 Å². The van der Waals surface area contributed by atoms with Gasteiger partial charge in [0.25, 0.3) is 0 Å². The quantitative estimate of drug-likeness (QED) is 0.698. The minimum atomic E-state index is 0.911. The number of methoxy groups -OCH3 is 2. The number of rotatable bonds is 2. The van der Waals surface area contributed by atoms with E-state index in [2.05, 4.69) is 41.0 Å². The van der Waals surface area contributed by atoms with Crippen molar-refractivity contribution in [1.82, 2.24) is 4.57 Å². The number of aromatic nitrogens is 1. The van der Waals surface area contributed by atoms with Gasteiger partial charge in [-0.25, -0.2) is 0 Å². The fraction of sp³-hybridized carbons (Fsp3) is 0.200. The maximum atomic E-state index is 5.12. The second-order valence-corrected chi connectivity index (χ2v) is 5.52. The van der Waals surface area contributed by atoms with Crippen molar-refractivity contribution >= 4 is 17.0 Å². The van der Waals surface area contributed by atoms with Gasteiger partial charge in [0.05, 0.1) is 14.2 Å². The topological polar surface area (TPSA) is 23.4 Å². The van der Waals surface area contributed by atoms with Crippen molar-refractivity contribution in [2.75, 3.05) is 14.2 Å². The van der Waals surface area contributed by atoms with Gasteiger partial charge in [-0.2, -0.15) is 0 Å². The van der Waals surface area contributed by atoms with Crippen LogP contribution in [0.3, 0.4) is 0 Å². The van der Waals surface area contributed by atoms with E-state index in [1.165, 1.54) is 22.0 Å². The standard InChI is InChI=1S/C10H11NO.C10H10O/c1-11-6-5-8-7-9(12-2)3-4-10(8)11;1-11-10-6-5-8-3-2-4-9(8)7-10/h3-7H,1-2H3;2,4-7H,3H2,1H3. The summed E-state index contributed by atoms with van der Waals surface area (Å²) in [7, 11) is 5.42. The molecule has 0 atom stereocenters. The first-order chi connectivity index (χ1) is 11.2. The van der Waals surface area contributed by atoms with Crippen molar-refractivity contribution in [3.63, 3.8) is 0 Å². The number of ether oxygens (including phenoxy) is 2. The van der Waals surface area contributed by atoms with E-state index in [0.717, 1.165) is 17.9 Å². The molecular weight excluding hydrogens is 286 g/mol. The molecule has 1 aromatic heterocycles. The molecule has 0 saturated heterocycles. The number of hydrogen-bond donors (Lipinski definition) is 0. The molecule has 3 aromatic rings. The normalized spacial score (nSPS) is 11.8. The highest BCUT2D eigenvalue weighted by atomic mass is 16.5. The van der Waals surface area contributed by atoms with Gasteiger partial charge >= 0.3 is 0 Å². The second-order valence-electron chi connectivity index (χ2n) is 5.52. The van der Waals surface area contributed by atoms with Crippen LogP contribution in [0, 0.1) is 0 Å². The highest BCUT2D eigenvalue weighted by molar-refractivity contribution is 5.81. The van der Waals surface area contributed by atoms with Crippen molar-refractivity contribution in [2.45, 2.75) is 6.42 Å². The lowest BCUT2D eigenvalue weighted by Crippen LogP contribution is -1.85. The molecule has 1 aliphatic carbocycles. The molecule has 3 nitrogen and oxygen atoms in total. The number of aryl methyl sites for hydroxylation is 1. The average molecular weight is 307 g/mol. The van der Waals surface area contributed by atoms with E-state index in [1.807, 2.05) is 31.4 Å². The maximum Gasteiger partial charge on any atom is 0.119 e. The Hall–Kier alpha value is -2.68. The van der Waals surface area contributed by atoms with Crippen LogP contribution in [-0.4, -0.2) is 18.8 Å². The van der Waals surface area contributed by atoms with Crippen molar-refractivity contribution in [1.29, 1.82) is 0 Å². The Bertz CT molecular complexity index is 846. The monoisotopic (exact) mass is 307 g/mol. The van der Waals surface area contributed by atoms with Gasteiger partial charge < -0.3 is 14.0 Å². The van der Waals surface area contributed by atoms with Crippen LogP contribution in [0.15, 0.2) is 54.7 Å². The highest BCUT2D eigenvalue weighted by Gasteiger charge is 2.04. The van der Waals surface area contributed by atoms with E-state index < -0.39 is 0 Å². The van der Waals surface area contributed by atoms with E-state index in [0.29, 0.717) is 0 Å². The van der Waals surface area contributed by atoms with Gasteiger partial charge in [0.15, 0.2) is 0 Å². The summed E-state index contributed by atoms with van der Waals surface area (Å²) in [4.78, 5) is 0. The summed E-state index contributed by atoms with van der Waals surface area (Å²) >= 11 is 0. The number of fused-ring (bicyclic) bond motifs is 2. The fourth-order valence-electron chi connectivity index (χ4n) is 2.74. The molecule has 2 aromatic carbocycles. The van der Waals surface area contributed by atoms with Crippen molar-refractivity contribution in [3.05, 3.63) is 65.9 Å². The molecule has 0 amide bonds. The highest BCUT2D eigenvalue weighted by Crippen LogP contribution is 2.23. The Labute approximate surface area is 136 Å². The zero-order chi connectivity index (χ0) is 16.2. The van der Waals surface area contributed by atoms with Crippen LogP contribution >= 0.6 is 0 Å². The smallest absolute Gasteiger partial charge is 0.119 e. The summed E-state index contributed by atoms with van der Waals surface area (Å²) in [6, 6.07) is 14.3. The third-order valence-corrected chi connectivity index (χ3v) is 4.08. The molecule has 0 unspecified atom stereocenters. The molecule has 4 rings (SSSR count). The molecule has 0 radical (unpaired) electrons. The average Bonchev–Trinajstić information content (AvgIpc) is 3.21. The minimum Gasteiger partial charge on any atom is -0.497 e. The Morgan fingerprint density at radius 2 is 1.65 bits per heavy atom. The number of nitrogens with zero attached hydrogens (tertiary/aromatic N) is 1. The van der Waals surface area contributed by atoms with Gasteiger partial charge in [-0.05, 0) is 53.9 Å². The molecule has 118 valence electrons. The molecule has 3 heteroatoms. The van der Waals surface area contributed by atoms with Crippen molar-refractivity contribution in [2.24, 2.45) is 7.05 Å². The fourth-order valence-corrected chi connectivity index (χ4v) is 2.74. The maximum absolute atomic E-state index is 5.12. The second kappa shape index (κ2) is 6.61. The van der Waals surface area contributed by atoms with Gasteiger partial charge in [0, 0.05) is 24.1 Å². The lowest BCUT2D eigenvalue weighted by atomic mass is 10.1. The molecule has 1 heterocycles. The molecule has 0 N–H and O–H groups in total. The Morgan fingerprint density at radius 1 is 0.913 bits per heavy atom. The third-order valence-electron chi connectivity index (χ3n) is 4.08. The zero-order valence-corrected chi connectivity index (χ0v) is 13.7. The molecule has 0 saturated carbocycles. The predicted molar refractivity (Wildman–Crippen MR) is 95.2 cm³/mol. The molecule has 1 aliphatic rings. The van der Waals surface area contributed by atoms with Crippen LogP contribution in [0.25, 0.3) is 17.0 Å². The van der Waals surface area contributed by atoms with Crippen molar-refractivity contribution < 1.29 is 9.47 Å². The molecular formula is C20H21NO2.